The van der Waals surface area contributed by atoms with Gasteiger partial charge in [0.15, 0.2) is 12.6 Å². The van der Waals surface area contributed by atoms with Crippen LogP contribution in [0.3, 0.4) is 0 Å². The van der Waals surface area contributed by atoms with Gasteiger partial charge in [-0.2, -0.15) is 0 Å². The molecule has 0 radical (unpaired) electrons. The topological polar surface area (TPSA) is 217 Å². The van der Waals surface area contributed by atoms with E-state index in [2.05, 4.69) is 31.2 Å². The van der Waals surface area contributed by atoms with Gasteiger partial charge in [-0.25, -0.2) is 4.39 Å². The Morgan fingerprint density at radius 1 is 0.500 bits per heavy atom. The van der Waals surface area contributed by atoms with Crippen molar-refractivity contribution in [3.8, 4) is 11.5 Å². The van der Waals surface area contributed by atoms with E-state index >= 15 is 0 Å². The number of ether oxygens (including phenoxy) is 6. The molecule has 14 nitrogen and oxygen atoms in total. The van der Waals surface area contributed by atoms with E-state index in [-0.39, 0.29) is 12.4 Å². The summed E-state index contributed by atoms with van der Waals surface area (Å²) in [4.78, 5) is 0. The second kappa shape index (κ2) is 25.3. The van der Waals surface area contributed by atoms with Crippen molar-refractivity contribution < 1.29 is 73.7 Å². The zero-order valence-corrected chi connectivity index (χ0v) is 34.9. The summed E-state index contributed by atoms with van der Waals surface area (Å²) >= 11 is 0. The zero-order chi connectivity index (χ0) is 44.4. The summed E-state index contributed by atoms with van der Waals surface area (Å²) in [7, 11) is 0. The molecule has 6 rings (SSSR count). The van der Waals surface area contributed by atoms with Crippen LogP contribution in [0.25, 0.3) is 0 Å². The second-order valence-corrected chi connectivity index (χ2v) is 15.5. The lowest BCUT2D eigenvalue weighted by Gasteiger charge is -2.39. The quantitative estimate of drug-likeness (QED) is 0.0599. The Kier molecular flexibility index (Phi) is 20.0. The van der Waals surface area contributed by atoms with Gasteiger partial charge in [-0.1, -0.05) is 72.3 Å². The van der Waals surface area contributed by atoms with Gasteiger partial charge in [0.25, 0.3) is 0 Å². The Bertz CT molecular complexity index is 1850. The lowest BCUT2D eigenvalue weighted by atomic mass is 9.99. The van der Waals surface area contributed by atoms with Crippen molar-refractivity contribution in [2.24, 2.45) is 0 Å². The fourth-order valence-corrected chi connectivity index (χ4v) is 6.80. The maximum atomic E-state index is 13.6. The van der Waals surface area contributed by atoms with E-state index in [1.807, 2.05) is 48.5 Å². The largest absolute Gasteiger partial charge is 0.489 e. The molecule has 0 aromatic heterocycles. The molecule has 2 heterocycles. The minimum atomic E-state index is -1.44. The summed E-state index contributed by atoms with van der Waals surface area (Å²) in [5.74, 6) is 1.21. The first kappa shape index (κ1) is 49.0. The molecule has 2 aliphatic rings. The lowest BCUT2D eigenvalue weighted by molar-refractivity contribution is -0.301. The van der Waals surface area contributed by atoms with Gasteiger partial charge in [-0.3, -0.25) is 0 Å². The molecule has 0 amide bonds. The van der Waals surface area contributed by atoms with Crippen molar-refractivity contribution in [3.05, 3.63) is 131 Å². The Labute approximate surface area is 361 Å². The van der Waals surface area contributed by atoms with E-state index < -0.39 is 74.6 Å². The van der Waals surface area contributed by atoms with Crippen LogP contribution in [0.5, 0.6) is 11.5 Å². The number of aliphatic hydroxyl groups is 8. The van der Waals surface area contributed by atoms with E-state index in [0.29, 0.717) is 37.6 Å². The van der Waals surface area contributed by atoms with Gasteiger partial charge in [-0.05, 0) is 92.5 Å². The van der Waals surface area contributed by atoms with Crippen LogP contribution in [0, 0.1) is 12.7 Å². The first-order chi connectivity index (χ1) is 30.0. The molecule has 15 heteroatoms. The van der Waals surface area contributed by atoms with Gasteiger partial charge in [0, 0.05) is 18.8 Å². The van der Waals surface area contributed by atoms with Gasteiger partial charge in [0.2, 0.25) is 0 Å². The van der Waals surface area contributed by atoms with Gasteiger partial charge < -0.3 is 69.3 Å². The molecule has 4 aromatic carbocycles. The van der Waals surface area contributed by atoms with Crippen LogP contribution < -0.4 is 9.47 Å². The highest BCUT2D eigenvalue weighted by molar-refractivity contribution is 5.29. The average Bonchev–Trinajstić information content (AvgIpc) is 3.29. The molecule has 2 fully saturated rings. The third kappa shape index (κ3) is 14.8. The number of hydrogen-bond donors (Lipinski definition) is 8. The van der Waals surface area contributed by atoms with Crippen molar-refractivity contribution in [2.75, 3.05) is 26.4 Å². The van der Waals surface area contributed by atoms with Crippen LogP contribution in [-0.2, 0) is 45.0 Å². The number of halogens is 1. The highest BCUT2D eigenvalue weighted by atomic mass is 19.1. The fraction of sp³-hybridized carbons (Fsp3) is 0.489. The Morgan fingerprint density at radius 2 is 0.935 bits per heavy atom. The van der Waals surface area contributed by atoms with E-state index in [1.54, 1.807) is 18.2 Å². The third-order valence-corrected chi connectivity index (χ3v) is 10.7. The summed E-state index contributed by atoms with van der Waals surface area (Å²) in [5, 5.41) is 77.3. The monoisotopic (exact) mass is 868 g/mol. The highest BCUT2D eigenvalue weighted by Crippen LogP contribution is 2.24. The number of aliphatic hydroxyl groups excluding tert-OH is 8. The third-order valence-electron chi connectivity index (χ3n) is 10.7. The SMILES string of the molecule is Cc1ccc(COc2ccc(CCCCOC3OC(CO)C(O)C(O)C3O)cc2)cc1.OCC1OC(OCCCCc2ccc(OCc3ccccc3F)cc2)C(O)C(O)C1O. The second-order valence-electron chi connectivity index (χ2n) is 15.5. The molecular weight excluding hydrogens is 808 g/mol. The van der Waals surface area contributed by atoms with Crippen LogP contribution in [0.1, 0.15) is 53.5 Å². The van der Waals surface area contributed by atoms with Crippen molar-refractivity contribution in [1.29, 1.82) is 0 Å². The standard InChI is InChI=1S/C24H32O7.C23H29FO7/c1-16-5-7-18(8-6-16)15-30-19-11-9-17(10-12-19)4-2-3-13-29-24-23(28)22(27)21(26)20(14-25)31-24;24-18-7-2-1-6-16(18)14-30-17-10-8-15(9-11-17)5-3-4-12-29-23-22(28)21(27)20(26)19(13-25)31-23/h5-12,20-28H,2-4,13-15H2,1H3;1-2,6-11,19-23,25-28H,3-5,12-14H2. The first-order valence-corrected chi connectivity index (χ1v) is 21.0. The van der Waals surface area contributed by atoms with Crippen molar-refractivity contribution in [2.45, 2.75) is 120 Å². The van der Waals surface area contributed by atoms with Crippen LogP contribution in [0.4, 0.5) is 4.39 Å². The first-order valence-electron chi connectivity index (χ1n) is 21.0. The van der Waals surface area contributed by atoms with Crippen molar-refractivity contribution in [1.82, 2.24) is 0 Å². The minimum absolute atomic E-state index is 0.168. The number of rotatable bonds is 20. The number of aryl methyl sites for hydroxylation is 3. The van der Waals surface area contributed by atoms with Gasteiger partial charge in [0.05, 0.1) is 13.2 Å². The molecule has 0 spiro atoms. The lowest BCUT2D eigenvalue weighted by Crippen LogP contribution is -2.59. The van der Waals surface area contributed by atoms with Gasteiger partial charge >= 0.3 is 0 Å². The summed E-state index contributed by atoms with van der Waals surface area (Å²) in [6, 6.07) is 30.4. The molecule has 0 bridgehead atoms. The molecule has 62 heavy (non-hydrogen) atoms. The predicted octanol–water partition coefficient (Wildman–Crippen LogP) is 3.26. The number of benzene rings is 4. The Hall–Kier alpha value is -4.07. The molecule has 8 N–H and O–H groups in total. The molecular formula is C47H61FO14. The Morgan fingerprint density at radius 3 is 1.39 bits per heavy atom. The molecule has 0 saturated carbocycles. The van der Waals surface area contributed by atoms with Gasteiger partial charge in [-0.15, -0.1) is 0 Å². The van der Waals surface area contributed by atoms with Crippen molar-refractivity contribution >= 4 is 0 Å². The maximum absolute atomic E-state index is 13.6. The number of hydrogen-bond acceptors (Lipinski definition) is 14. The molecule has 340 valence electrons. The molecule has 10 atom stereocenters. The molecule has 10 unspecified atom stereocenters. The molecule has 2 aliphatic heterocycles. The van der Waals surface area contributed by atoms with E-state index in [0.717, 1.165) is 49.0 Å². The van der Waals surface area contributed by atoms with Crippen molar-refractivity contribution in [3.63, 3.8) is 0 Å². The average molecular weight is 869 g/mol. The fourth-order valence-electron chi connectivity index (χ4n) is 6.80. The highest BCUT2D eigenvalue weighted by Gasteiger charge is 2.45. The summed E-state index contributed by atoms with van der Waals surface area (Å²) in [5.41, 5.74) is 5.17. The summed E-state index contributed by atoms with van der Waals surface area (Å²) < 4.78 is 46.7. The normalized spacial score (nSPS) is 26.0. The van der Waals surface area contributed by atoms with Gasteiger partial charge in [0.1, 0.15) is 79.4 Å². The molecule has 2 saturated heterocycles. The van der Waals surface area contributed by atoms with Crippen LogP contribution >= 0.6 is 0 Å². The van der Waals surface area contributed by atoms with Crippen LogP contribution in [0.2, 0.25) is 0 Å². The minimum Gasteiger partial charge on any atom is -0.489 e. The smallest absolute Gasteiger partial charge is 0.186 e. The number of unbranched alkanes of at least 4 members (excludes halogenated alkanes) is 2. The van der Waals surface area contributed by atoms with Crippen LogP contribution in [0.15, 0.2) is 97.1 Å². The molecule has 0 aliphatic carbocycles. The zero-order valence-electron chi connectivity index (χ0n) is 34.9. The summed E-state index contributed by atoms with van der Waals surface area (Å²) in [6.07, 6.45) is -7.61. The predicted molar refractivity (Wildman–Crippen MR) is 224 cm³/mol. The summed E-state index contributed by atoms with van der Waals surface area (Å²) in [6.45, 7) is 2.45. The molecule has 4 aromatic rings. The Balaban J connectivity index is 0.000000234. The maximum Gasteiger partial charge on any atom is 0.186 e. The van der Waals surface area contributed by atoms with E-state index in [1.165, 1.54) is 17.2 Å². The van der Waals surface area contributed by atoms with E-state index in [9.17, 15) is 45.2 Å². The van der Waals surface area contributed by atoms with E-state index in [4.69, 9.17) is 28.4 Å². The van der Waals surface area contributed by atoms with Crippen LogP contribution in [-0.4, -0.2) is 129 Å².